The number of aliphatic hydroxyl groups is 1. The Bertz CT molecular complexity index is 636. The molecule has 1 aromatic carbocycles. The molecule has 0 aliphatic heterocycles. The molecule has 0 spiro atoms. The molecule has 0 radical (unpaired) electrons. The maximum absolute atomic E-state index is 12.3. The van der Waals surface area contributed by atoms with Crippen LogP contribution in [0.1, 0.15) is 23.4 Å². The number of carbonyl (C=O) groups is 1. The summed E-state index contributed by atoms with van der Waals surface area (Å²) in [6, 6.07) is 9.80. The first-order valence-corrected chi connectivity index (χ1v) is 8.77. The lowest BCUT2D eigenvalue weighted by Gasteiger charge is -2.23. The minimum Gasteiger partial charge on any atom is -0.396 e. The predicted octanol–water partition coefficient (Wildman–Crippen LogP) is 2.46. The van der Waals surface area contributed by atoms with Crippen molar-refractivity contribution in [2.45, 2.75) is 25.7 Å². The zero-order chi connectivity index (χ0) is 16.1. The highest BCUT2D eigenvalue weighted by atomic mass is 32.1. The second kappa shape index (κ2) is 7.57. The number of nitrogens with one attached hydrogen (secondary N) is 1. The number of hydrogen-bond donors (Lipinski definition) is 2. The van der Waals surface area contributed by atoms with E-state index in [0.29, 0.717) is 18.1 Å². The lowest BCUT2D eigenvalue weighted by atomic mass is 10.2. The molecule has 1 aliphatic carbocycles. The molecule has 0 saturated heterocycles. The molecule has 1 heterocycles. The number of aromatic nitrogens is 1. The van der Waals surface area contributed by atoms with E-state index >= 15 is 0 Å². The molecule has 0 atom stereocenters. The van der Waals surface area contributed by atoms with Crippen molar-refractivity contribution in [1.82, 2.24) is 4.98 Å². The van der Waals surface area contributed by atoms with Crippen LogP contribution in [0.5, 0.6) is 0 Å². The summed E-state index contributed by atoms with van der Waals surface area (Å²) in [4.78, 5) is 20.1. The van der Waals surface area contributed by atoms with Crippen molar-refractivity contribution in [2.24, 2.45) is 0 Å². The van der Waals surface area contributed by atoms with Gasteiger partial charge in [-0.25, -0.2) is 4.98 Å². The molecule has 2 aromatic rings. The number of para-hydroxylation sites is 1. The van der Waals surface area contributed by atoms with Crippen LogP contribution in [0, 0.1) is 0 Å². The van der Waals surface area contributed by atoms with Crippen molar-refractivity contribution in [3.63, 3.8) is 0 Å². The van der Waals surface area contributed by atoms with Gasteiger partial charge in [-0.2, -0.15) is 0 Å². The summed E-state index contributed by atoms with van der Waals surface area (Å²) < 4.78 is 0. The van der Waals surface area contributed by atoms with Crippen LogP contribution in [-0.2, 0) is 17.6 Å². The van der Waals surface area contributed by atoms with Crippen molar-refractivity contribution in [2.75, 3.05) is 29.9 Å². The van der Waals surface area contributed by atoms with E-state index in [2.05, 4.69) is 10.3 Å². The normalized spacial score (nSPS) is 12.9. The van der Waals surface area contributed by atoms with Gasteiger partial charge in [0.05, 0.1) is 12.2 Å². The Morgan fingerprint density at radius 2 is 2.13 bits per heavy atom. The smallest absolute Gasteiger partial charge is 0.245 e. The molecule has 0 fully saturated rings. The van der Waals surface area contributed by atoms with Gasteiger partial charge in [0.2, 0.25) is 5.91 Å². The SMILES string of the molecule is O=C(CN(CCCO)c1ccccc1)Nc1nc2c(s1)CCC2. The average Bonchev–Trinajstić information content (AvgIpc) is 3.13. The summed E-state index contributed by atoms with van der Waals surface area (Å²) in [5.41, 5.74) is 2.13. The van der Waals surface area contributed by atoms with Gasteiger partial charge in [0.15, 0.2) is 5.13 Å². The van der Waals surface area contributed by atoms with Crippen LogP contribution < -0.4 is 10.2 Å². The molecule has 0 unspecified atom stereocenters. The highest BCUT2D eigenvalue weighted by molar-refractivity contribution is 7.15. The Labute approximate surface area is 140 Å². The summed E-state index contributed by atoms with van der Waals surface area (Å²) >= 11 is 1.59. The fraction of sp³-hybridized carbons (Fsp3) is 0.412. The first-order chi connectivity index (χ1) is 11.3. The van der Waals surface area contributed by atoms with Crippen molar-refractivity contribution < 1.29 is 9.90 Å². The number of amides is 1. The minimum atomic E-state index is -0.0702. The molecule has 23 heavy (non-hydrogen) atoms. The molecule has 0 bridgehead atoms. The highest BCUT2D eigenvalue weighted by Gasteiger charge is 2.18. The Morgan fingerprint density at radius 3 is 2.87 bits per heavy atom. The number of aryl methyl sites for hydroxylation is 2. The van der Waals surface area contributed by atoms with Gasteiger partial charge >= 0.3 is 0 Å². The lowest BCUT2D eigenvalue weighted by Crippen LogP contribution is -2.34. The van der Waals surface area contributed by atoms with E-state index in [-0.39, 0.29) is 19.1 Å². The molecule has 3 rings (SSSR count). The number of benzene rings is 1. The zero-order valence-electron chi connectivity index (χ0n) is 13.0. The Hall–Kier alpha value is -1.92. The monoisotopic (exact) mass is 331 g/mol. The zero-order valence-corrected chi connectivity index (χ0v) is 13.8. The Morgan fingerprint density at radius 1 is 1.30 bits per heavy atom. The summed E-state index contributed by atoms with van der Waals surface area (Å²) in [7, 11) is 0. The van der Waals surface area contributed by atoms with Gasteiger partial charge in [0, 0.05) is 23.7 Å². The molecular weight excluding hydrogens is 310 g/mol. The van der Waals surface area contributed by atoms with E-state index in [0.717, 1.165) is 24.2 Å². The van der Waals surface area contributed by atoms with E-state index in [9.17, 15) is 4.79 Å². The first-order valence-electron chi connectivity index (χ1n) is 7.95. The van der Waals surface area contributed by atoms with Crippen molar-refractivity contribution >= 4 is 28.1 Å². The Kier molecular flexibility index (Phi) is 5.25. The van der Waals surface area contributed by atoms with Crippen LogP contribution in [0.2, 0.25) is 0 Å². The second-order valence-corrected chi connectivity index (χ2v) is 6.71. The number of rotatable bonds is 7. The molecule has 0 saturated carbocycles. The number of nitrogens with zero attached hydrogens (tertiary/aromatic N) is 2. The van der Waals surface area contributed by atoms with Crippen molar-refractivity contribution in [3.05, 3.63) is 40.9 Å². The topological polar surface area (TPSA) is 65.5 Å². The summed E-state index contributed by atoms with van der Waals surface area (Å²) in [5.74, 6) is -0.0702. The standard InChI is InChI=1S/C17H21N3O2S/c21-11-5-10-20(13-6-2-1-3-7-13)12-16(22)19-17-18-14-8-4-9-15(14)23-17/h1-3,6-7,21H,4-5,8-12H2,(H,18,19,22). The third-order valence-electron chi connectivity index (χ3n) is 3.88. The fourth-order valence-corrected chi connectivity index (χ4v) is 3.84. The molecule has 1 aromatic heterocycles. The van der Waals surface area contributed by atoms with E-state index in [1.54, 1.807) is 11.3 Å². The van der Waals surface area contributed by atoms with Crippen LogP contribution in [0.15, 0.2) is 30.3 Å². The number of fused-ring (bicyclic) bond motifs is 1. The van der Waals surface area contributed by atoms with Gasteiger partial charge in [-0.05, 0) is 37.8 Å². The maximum Gasteiger partial charge on any atom is 0.245 e. The van der Waals surface area contributed by atoms with Gasteiger partial charge in [0.1, 0.15) is 0 Å². The van der Waals surface area contributed by atoms with Gasteiger partial charge < -0.3 is 15.3 Å². The third-order valence-corrected chi connectivity index (χ3v) is 4.96. The average molecular weight is 331 g/mol. The summed E-state index contributed by atoms with van der Waals surface area (Å²) in [6.07, 6.45) is 3.91. The molecule has 2 N–H and O–H groups in total. The number of anilines is 2. The van der Waals surface area contributed by atoms with E-state index in [1.807, 2.05) is 35.2 Å². The quantitative estimate of drug-likeness (QED) is 0.818. The largest absolute Gasteiger partial charge is 0.396 e. The van der Waals surface area contributed by atoms with E-state index in [4.69, 9.17) is 5.11 Å². The number of thiazole rings is 1. The highest BCUT2D eigenvalue weighted by Crippen LogP contribution is 2.30. The van der Waals surface area contributed by atoms with Crippen molar-refractivity contribution in [1.29, 1.82) is 0 Å². The minimum absolute atomic E-state index is 0.0702. The molecule has 5 nitrogen and oxygen atoms in total. The van der Waals surface area contributed by atoms with Crippen LogP contribution in [-0.4, -0.2) is 35.7 Å². The third kappa shape index (κ3) is 4.09. The number of carbonyl (C=O) groups excluding carboxylic acids is 1. The second-order valence-electron chi connectivity index (χ2n) is 5.62. The van der Waals surface area contributed by atoms with Gasteiger partial charge in [-0.1, -0.05) is 18.2 Å². The molecule has 1 amide bonds. The lowest BCUT2D eigenvalue weighted by molar-refractivity contribution is -0.115. The van der Waals surface area contributed by atoms with Gasteiger partial charge in [0.25, 0.3) is 0 Å². The molecule has 122 valence electrons. The van der Waals surface area contributed by atoms with Crippen LogP contribution >= 0.6 is 11.3 Å². The molecule has 6 heteroatoms. The predicted molar refractivity (Wildman–Crippen MR) is 93.1 cm³/mol. The van der Waals surface area contributed by atoms with Crippen LogP contribution in [0.25, 0.3) is 0 Å². The summed E-state index contributed by atoms with van der Waals surface area (Å²) in [5, 5.41) is 12.7. The molecular formula is C17H21N3O2S. The van der Waals surface area contributed by atoms with Crippen molar-refractivity contribution in [3.8, 4) is 0 Å². The van der Waals surface area contributed by atoms with E-state index < -0.39 is 0 Å². The van der Waals surface area contributed by atoms with Gasteiger partial charge in [-0.3, -0.25) is 4.79 Å². The Balaban J connectivity index is 1.62. The van der Waals surface area contributed by atoms with E-state index in [1.165, 1.54) is 11.3 Å². The van der Waals surface area contributed by atoms with Crippen LogP contribution in [0.3, 0.4) is 0 Å². The van der Waals surface area contributed by atoms with Crippen LogP contribution in [0.4, 0.5) is 10.8 Å². The fourth-order valence-electron chi connectivity index (χ4n) is 2.78. The number of aliphatic hydroxyl groups excluding tert-OH is 1. The molecule has 1 aliphatic rings. The number of hydrogen-bond acceptors (Lipinski definition) is 5. The van der Waals surface area contributed by atoms with Gasteiger partial charge in [-0.15, -0.1) is 11.3 Å². The first kappa shape index (κ1) is 16.0. The maximum atomic E-state index is 12.3. The summed E-state index contributed by atoms with van der Waals surface area (Å²) in [6.45, 7) is 1.01.